The molecule has 3 aromatic rings. The Bertz CT molecular complexity index is 1180. The van der Waals surface area contributed by atoms with Gasteiger partial charge in [-0.3, -0.25) is 9.78 Å². The first-order valence-corrected chi connectivity index (χ1v) is 12.1. The van der Waals surface area contributed by atoms with Crippen LogP contribution in [-0.2, 0) is 17.8 Å². The first-order chi connectivity index (χ1) is 16.7. The fraction of sp³-hybridized carbons (Fsp3) is 0.414. The van der Waals surface area contributed by atoms with Crippen molar-refractivity contribution in [2.75, 3.05) is 7.11 Å². The Morgan fingerprint density at radius 1 is 1.14 bits per heavy atom. The van der Waals surface area contributed by atoms with Gasteiger partial charge in [0.2, 0.25) is 5.88 Å². The quantitative estimate of drug-likeness (QED) is 0.372. The molecule has 1 aromatic carbocycles. The Hall–Kier alpha value is -3.41. The van der Waals surface area contributed by atoms with Crippen LogP contribution in [0.3, 0.4) is 0 Å². The average molecular weight is 475 g/mol. The smallest absolute Gasteiger partial charge is 0.303 e. The Labute approximate surface area is 207 Å². The summed E-state index contributed by atoms with van der Waals surface area (Å²) in [5.41, 5.74) is 5.15. The van der Waals surface area contributed by atoms with Crippen LogP contribution < -0.4 is 9.47 Å². The van der Waals surface area contributed by atoms with Gasteiger partial charge >= 0.3 is 5.97 Å². The molecule has 0 bridgehead atoms. The molecular weight excluding hydrogens is 440 g/mol. The van der Waals surface area contributed by atoms with Gasteiger partial charge in [0.05, 0.1) is 25.4 Å². The van der Waals surface area contributed by atoms with E-state index in [0.717, 1.165) is 47.2 Å². The highest BCUT2D eigenvalue weighted by Crippen LogP contribution is 2.44. The number of carbonyl (C=O) groups is 1. The van der Waals surface area contributed by atoms with Crippen LogP contribution in [0.1, 0.15) is 62.6 Å². The van der Waals surface area contributed by atoms with Gasteiger partial charge in [0, 0.05) is 17.8 Å². The predicted molar refractivity (Wildman–Crippen MR) is 136 cm³/mol. The molecule has 1 N–H and O–H groups in total. The molecule has 2 aromatic heterocycles. The molecule has 1 unspecified atom stereocenters. The fourth-order valence-electron chi connectivity index (χ4n) is 4.53. The number of ether oxygens (including phenoxy) is 2. The summed E-state index contributed by atoms with van der Waals surface area (Å²) in [5, 5.41) is 9.34. The average Bonchev–Trinajstić information content (AvgIpc) is 3.66. The molecule has 1 aliphatic rings. The molecule has 1 atom stereocenters. The molecule has 2 heterocycles. The number of pyridine rings is 2. The lowest BCUT2D eigenvalue weighted by molar-refractivity contribution is -0.137. The number of hydrogen-bond acceptors (Lipinski definition) is 5. The van der Waals surface area contributed by atoms with E-state index in [2.05, 4.69) is 37.9 Å². The van der Waals surface area contributed by atoms with E-state index in [0.29, 0.717) is 24.2 Å². The van der Waals surface area contributed by atoms with E-state index in [1.54, 1.807) is 19.5 Å². The number of carboxylic acids is 1. The summed E-state index contributed by atoms with van der Waals surface area (Å²) in [4.78, 5) is 20.3. The van der Waals surface area contributed by atoms with Crippen molar-refractivity contribution in [2.45, 2.75) is 59.0 Å². The number of aliphatic carboxylic acids is 1. The molecule has 1 saturated carbocycles. The summed E-state index contributed by atoms with van der Waals surface area (Å²) in [6.45, 7) is 7.01. The number of carboxylic acid groups (broad SMARTS) is 1. The van der Waals surface area contributed by atoms with Gasteiger partial charge in [-0.15, -0.1) is 0 Å². The van der Waals surface area contributed by atoms with Gasteiger partial charge in [-0.25, -0.2) is 4.98 Å². The minimum absolute atomic E-state index is 0.0719. The van der Waals surface area contributed by atoms with Gasteiger partial charge in [-0.2, -0.15) is 0 Å². The number of aromatic nitrogens is 2. The summed E-state index contributed by atoms with van der Waals surface area (Å²) in [6.07, 6.45) is 6.72. The lowest BCUT2D eigenvalue weighted by Gasteiger charge is -2.21. The van der Waals surface area contributed by atoms with Gasteiger partial charge in [-0.1, -0.05) is 45.0 Å². The molecule has 1 aliphatic carbocycles. The maximum Gasteiger partial charge on any atom is 0.303 e. The summed E-state index contributed by atoms with van der Waals surface area (Å²) in [5.74, 6) is 1.07. The summed E-state index contributed by atoms with van der Waals surface area (Å²) in [6, 6.07) is 14.1. The Kier molecular flexibility index (Phi) is 7.39. The first-order valence-electron chi connectivity index (χ1n) is 12.1. The fourth-order valence-corrected chi connectivity index (χ4v) is 4.53. The van der Waals surface area contributed by atoms with Crippen molar-refractivity contribution in [2.24, 2.45) is 11.3 Å². The van der Waals surface area contributed by atoms with Crippen LogP contribution in [0.2, 0.25) is 0 Å². The van der Waals surface area contributed by atoms with E-state index in [9.17, 15) is 9.90 Å². The summed E-state index contributed by atoms with van der Waals surface area (Å²) in [7, 11) is 1.61. The van der Waals surface area contributed by atoms with Crippen molar-refractivity contribution in [1.29, 1.82) is 0 Å². The van der Waals surface area contributed by atoms with Crippen molar-refractivity contribution in [3.8, 4) is 22.9 Å². The zero-order valence-corrected chi connectivity index (χ0v) is 21.0. The molecule has 0 spiro atoms. The normalized spacial score (nSPS) is 14.4. The summed E-state index contributed by atoms with van der Waals surface area (Å²) < 4.78 is 11.5. The lowest BCUT2D eigenvalue weighted by atomic mass is 9.86. The van der Waals surface area contributed by atoms with Crippen molar-refractivity contribution in [1.82, 2.24) is 9.97 Å². The van der Waals surface area contributed by atoms with Crippen LogP contribution in [0.25, 0.3) is 11.3 Å². The predicted octanol–water partition coefficient (Wildman–Crippen LogP) is 6.29. The van der Waals surface area contributed by atoms with E-state index < -0.39 is 5.97 Å². The second kappa shape index (κ2) is 10.5. The van der Waals surface area contributed by atoms with Gasteiger partial charge in [-0.05, 0) is 65.3 Å². The van der Waals surface area contributed by atoms with Crippen LogP contribution in [0.4, 0.5) is 0 Å². The zero-order valence-electron chi connectivity index (χ0n) is 21.0. The third-order valence-electron chi connectivity index (χ3n) is 6.25. The Morgan fingerprint density at radius 2 is 1.94 bits per heavy atom. The number of nitrogens with zero attached hydrogens (tertiary/aromatic N) is 2. The maximum absolute atomic E-state index is 11.4. The lowest BCUT2D eigenvalue weighted by Crippen LogP contribution is -2.11. The maximum atomic E-state index is 11.4. The van der Waals surface area contributed by atoms with E-state index in [1.807, 2.05) is 30.3 Å². The highest BCUT2D eigenvalue weighted by Gasteiger charge is 2.33. The van der Waals surface area contributed by atoms with Crippen LogP contribution in [0.5, 0.6) is 11.6 Å². The molecular formula is C29H34N2O4. The third-order valence-corrected chi connectivity index (χ3v) is 6.25. The minimum Gasteiger partial charge on any atom is -0.487 e. The van der Waals surface area contributed by atoms with Gasteiger partial charge < -0.3 is 14.6 Å². The van der Waals surface area contributed by atoms with Crippen LogP contribution in [-0.4, -0.2) is 28.2 Å². The van der Waals surface area contributed by atoms with Gasteiger partial charge in [0.1, 0.15) is 12.4 Å². The monoisotopic (exact) mass is 474 g/mol. The second-order valence-corrected chi connectivity index (χ2v) is 10.6. The second-order valence-electron chi connectivity index (χ2n) is 10.6. The molecule has 1 fully saturated rings. The van der Waals surface area contributed by atoms with Gasteiger partial charge in [0.15, 0.2) is 0 Å². The highest BCUT2D eigenvalue weighted by molar-refractivity contribution is 5.68. The number of methoxy groups -OCH3 is 1. The molecule has 0 amide bonds. The Balaban J connectivity index is 1.55. The first kappa shape index (κ1) is 24.7. The molecule has 6 nitrogen and oxygen atoms in total. The summed E-state index contributed by atoms with van der Waals surface area (Å²) >= 11 is 0. The number of rotatable bonds is 10. The topological polar surface area (TPSA) is 81.5 Å². The van der Waals surface area contributed by atoms with Crippen molar-refractivity contribution in [3.63, 3.8) is 0 Å². The molecule has 35 heavy (non-hydrogen) atoms. The standard InChI is InChI=1S/C29H34N2O4/c1-29(2,3)16-23-13-24(17-31-28(23)22-10-11-30-26(14-22)34-4)35-18-19-6-5-7-21(12-19)25(15-27(32)33)20-8-9-20/h5-7,10-14,17,20,25H,8-9,15-16,18H2,1-4H3,(H,32,33). The highest BCUT2D eigenvalue weighted by atomic mass is 16.5. The van der Waals surface area contributed by atoms with E-state index in [-0.39, 0.29) is 17.8 Å². The van der Waals surface area contributed by atoms with E-state index in [1.165, 1.54) is 0 Å². The van der Waals surface area contributed by atoms with Crippen molar-refractivity contribution >= 4 is 5.97 Å². The van der Waals surface area contributed by atoms with Crippen molar-refractivity contribution in [3.05, 3.63) is 71.5 Å². The minimum atomic E-state index is -0.743. The SMILES string of the molecule is COc1cc(-c2ncc(OCc3cccc(C(CC(=O)O)C4CC4)c3)cc2CC(C)(C)C)ccn1. The molecule has 0 saturated heterocycles. The molecule has 0 aliphatic heterocycles. The van der Waals surface area contributed by atoms with Crippen LogP contribution in [0.15, 0.2) is 54.9 Å². The molecule has 0 radical (unpaired) electrons. The van der Waals surface area contributed by atoms with Crippen LogP contribution >= 0.6 is 0 Å². The number of benzene rings is 1. The van der Waals surface area contributed by atoms with E-state index in [4.69, 9.17) is 14.5 Å². The zero-order chi connectivity index (χ0) is 25.0. The molecule has 4 rings (SSSR count). The van der Waals surface area contributed by atoms with Crippen molar-refractivity contribution < 1.29 is 19.4 Å². The molecule has 6 heteroatoms. The van der Waals surface area contributed by atoms with E-state index >= 15 is 0 Å². The van der Waals surface area contributed by atoms with Crippen LogP contribution in [0, 0.1) is 11.3 Å². The largest absolute Gasteiger partial charge is 0.487 e. The third kappa shape index (κ3) is 6.81. The Morgan fingerprint density at radius 3 is 2.63 bits per heavy atom. The molecule has 184 valence electrons. The van der Waals surface area contributed by atoms with Gasteiger partial charge in [0.25, 0.3) is 0 Å². The number of hydrogen-bond donors (Lipinski definition) is 1.